The molecule has 0 aliphatic heterocycles. The fourth-order valence-corrected chi connectivity index (χ4v) is 1.49. The van der Waals surface area contributed by atoms with Gasteiger partial charge in [0, 0.05) is 0 Å². The minimum atomic E-state index is -1.02. The zero-order chi connectivity index (χ0) is 12.3. The van der Waals surface area contributed by atoms with Gasteiger partial charge in [0.2, 0.25) is 0 Å². The van der Waals surface area contributed by atoms with Crippen LogP contribution in [0.2, 0.25) is 0 Å². The van der Waals surface area contributed by atoms with Crippen LogP contribution in [0.4, 0.5) is 0 Å². The molecule has 6 nitrogen and oxygen atoms in total. The Balaban J connectivity index is 2.19. The number of carbonyl (C=O) groups is 1. The Morgan fingerprint density at radius 2 is 2.06 bits per heavy atom. The normalized spacial score (nSPS) is 10.4. The third-order valence-electron chi connectivity index (χ3n) is 2.22. The van der Waals surface area contributed by atoms with Crippen molar-refractivity contribution in [3.63, 3.8) is 0 Å². The standard InChI is InChI=1S/C11H11N3O3/c15-10(16)6-9-12-11(17)14(13-9)7-8-4-2-1-3-5-8/h1-5H,6-7H2,(H,15,16)(H,12,13,17). The summed E-state index contributed by atoms with van der Waals surface area (Å²) in [5, 5.41) is 12.5. The number of carboxylic acids is 1. The zero-order valence-electron chi connectivity index (χ0n) is 8.96. The highest BCUT2D eigenvalue weighted by atomic mass is 16.4. The van der Waals surface area contributed by atoms with E-state index >= 15 is 0 Å². The largest absolute Gasteiger partial charge is 0.481 e. The smallest absolute Gasteiger partial charge is 0.343 e. The minimum Gasteiger partial charge on any atom is -0.481 e. The van der Waals surface area contributed by atoms with Crippen LogP contribution < -0.4 is 5.69 Å². The number of rotatable bonds is 4. The Hall–Kier alpha value is -2.37. The van der Waals surface area contributed by atoms with Crippen LogP contribution in [0, 0.1) is 0 Å². The predicted octanol–water partition coefficient (Wildman–Crippen LogP) is 0.247. The molecule has 1 aromatic heterocycles. The lowest BCUT2D eigenvalue weighted by atomic mass is 10.2. The maximum Gasteiger partial charge on any atom is 0.343 e. The Labute approximate surface area is 96.5 Å². The van der Waals surface area contributed by atoms with E-state index in [1.54, 1.807) is 0 Å². The molecule has 0 unspecified atom stereocenters. The molecule has 0 radical (unpaired) electrons. The molecule has 17 heavy (non-hydrogen) atoms. The van der Waals surface area contributed by atoms with E-state index in [0.717, 1.165) is 5.56 Å². The van der Waals surface area contributed by atoms with Crippen LogP contribution in [0.1, 0.15) is 11.4 Å². The quantitative estimate of drug-likeness (QED) is 0.792. The van der Waals surface area contributed by atoms with Crippen LogP contribution >= 0.6 is 0 Å². The van der Waals surface area contributed by atoms with Crippen LogP contribution in [0.5, 0.6) is 0 Å². The third kappa shape index (κ3) is 2.81. The van der Waals surface area contributed by atoms with Crippen molar-refractivity contribution in [2.45, 2.75) is 13.0 Å². The second kappa shape index (κ2) is 4.65. The number of aromatic amines is 1. The fourth-order valence-electron chi connectivity index (χ4n) is 1.49. The van der Waals surface area contributed by atoms with Crippen LogP contribution in [-0.4, -0.2) is 25.8 Å². The SMILES string of the molecule is O=C(O)Cc1nn(Cc2ccccc2)c(=O)[nH]1. The minimum absolute atomic E-state index is 0.165. The van der Waals surface area contributed by atoms with Gasteiger partial charge >= 0.3 is 11.7 Å². The predicted molar refractivity (Wildman–Crippen MR) is 59.7 cm³/mol. The zero-order valence-corrected chi connectivity index (χ0v) is 8.96. The van der Waals surface area contributed by atoms with Gasteiger partial charge in [0.25, 0.3) is 0 Å². The lowest BCUT2D eigenvalue weighted by molar-refractivity contribution is -0.136. The lowest BCUT2D eigenvalue weighted by Crippen LogP contribution is -2.18. The number of nitrogens with one attached hydrogen (secondary N) is 1. The van der Waals surface area contributed by atoms with E-state index in [0.29, 0.717) is 6.54 Å². The highest BCUT2D eigenvalue weighted by Crippen LogP contribution is 1.99. The molecular weight excluding hydrogens is 222 g/mol. The Bertz CT molecular complexity index is 571. The van der Waals surface area contributed by atoms with Crippen molar-refractivity contribution >= 4 is 5.97 Å². The summed E-state index contributed by atoms with van der Waals surface area (Å²) in [6.07, 6.45) is -0.281. The van der Waals surface area contributed by atoms with Crippen molar-refractivity contribution in [3.8, 4) is 0 Å². The Morgan fingerprint density at radius 1 is 1.35 bits per heavy atom. The number of H-pyrrole nitrogens is 1. The van der Waals surface area contributed by atoms with Crippen LogP contribution in [0.15, 0.2) is 35.1 Å². The Kier molecular flexibility index (Phi) is 3.04. The molecule has 0 atom stereocenters. The van der Waals surface area contributed by atoms with Crippen LogP contribution in [-0.2, 0) is 17.8 Å². The van der Waals surface area contributed by atoms with E-state index in [-0.39, 0.29) is 12.2 Å². The van der Waals surface area contributed by atoms with Crippen molar-refractivity contribution in [3.05, 3.63) is 52.2 Å². The van der Waals surface area contributed by atoms with Gasteiger partial charge in [-0.25, -0.2) is 9.48 Å². The summed E-state index contributed by atoms with van der Waals surface area (Å²) in [4.78, 5) is 24.4. The highest BCUT2D eigenvalue weighted by molar-refractivity contribution is 5.68. The van der Waals surface area contributed by atoms with E-state index in [1.807, 2.05) is 30.3 Å². The topological polar surface area (TPSA) is 88.0 Å². The van der Waals surface area contributed by atoms with E-state index in [2.05, 4.69) is 10.1 Å². The van der Waals surface area contributed by atoms with Crippen molar-refractivity contribution in [2.75, 3.05) is 0 Å². The lowest BCUT2D eigenvalue weighted by Gasteiger charge is -1.98. The highest BCUT2D eigenvalue weighted by Gasteiger charge is 2.08. The molecule has 0 spiro atoms. The number of aromatic nitrogens is 3. The average Bonchev–Trinajstić information content (AvgIpc) is 2.59. The number of aliphatic carboxylic acids is 1. The summed E-state index contributed by atoms with van der Waals surface area (Å²) in [5.74, 6) is -0.857. The van der Waals surface area contributed by atoms with Crippen molar-refractivity contribution in [1.82, 2.24) is 14.8 Å². The number of hydrogen-bond acceptors (Lipinski definition) is 3. The van der Waals surface area contributed by atoms with Gasteiger partial charge in [-0.1, -0.05) is 30.3 Å². The molecule has 2 rings (SSSR count). The maximum absolute atomic E-state index is 11.5. The molecule has 6 heteroatoms. The first-order chi connectivity index (χ1) is 8.15. The number of nitrogens with zero attached hydrogens (tertiary/aromatic N) is 2. The summed E-state index contributed by atoms with van der Waals surface area (Å²) in [6, 6.07) is 9.36. The number of hydrogen-bond donors (Lipinski definition) is 2. The number of benzene rings is 1. The fraction of sp³-hybridized carbons (Fsp3) is 0.182. The van der Waals surface area contributed by atoms with Gasteiger partial charge in [-0.15, -0.1) is 0 Å². The third-order valence-corrected chi connectivity index (χ3v) is 2.22. The summed E-state index contributed by atoms with van der Waals surface area (Å²) in [5.41, 5.74) is 0.535. The second-order valence-corrected chi connectivity index (χ2v) is 3.59. The van der Waals surface area contributed by atoms with Gasteiger partial charge < -0.3 is 5.11 Å². The van der Waals surface area contributed by atoms with Gasteiger partial charge in [0.05, 0.1) is 6.54 Å². The van der Waals surface area contributed by atoms with Crippen molar-refractivity contribution in [2.24, 2.45) is 0 Å². The molecule has 1 heterocycles. The van der Waals surface area contributed by atoms with Gasteiger partial charge in [-0.3, -0.25) is 9.78 Å². The molecular formula is C11H11N3O3. The average molecular weight is 233 g/mol. The van der Waals surface area contributed by atoms with Gasteiger partial charge in [0.1, 0.15) is 12.2 Å². The van der Waals surface area contributed by atoms with E-state index < -0.39 is 11.7 Å². The molecule has 0 fully saturated rings. The summed E-state index contributed by atoms with van der Waals surface area (Å²) >= 11 is 0. The first-order valence-corrected chi connectivity index (χ1v) is 5.07. The molecule has 0 bridgehead atoms. The van der Waals surface area contributed by atoms with E-state index in [1.165, 1.54) is 4.68 Å². The number of carboxylic acid groups (broad SMARTS) is 1. The summed E-state index contributed by atoms with van der Waals surface area (Å²) < 4.78 is 1.22. The molecule has 0 saturated carbocycles. The Morgan fingerprint density at radius 3 is 2.71 bits per heavy atom. The molecule has 1 aromatic carbocycles. The molecule has 0 aliphatic rings. The molecule has 2 N–H and O–H groups in total. The van der Waals surface area contributed by atoms with Gasteiger partial charge in [-0.05, 0) is 5.56 Å². The molecule has 0 aliphatic carbocycles. The summed E-state index contributed by atoms with van der Waals surface area (Å²) in [7, 11) is 0. The van der Waals surface area contributed by atoms with Gasteiger partial charge in [-0.2, -0.15) is 5.10 Å². The molecule has 0 amide bonds. The van der Waals surface area contributed by atoms with Crippen molar-refractivity contribution < 1.29 is 9.90 Å². The first-order valence-electron chi connectivity index (χ1n) is 5.07. The van der Waals surface area contributed by atoms with Crippen LogP contribution in [0.3, 0.4) is 0 Å². The van der Waals surface area contributed by atoms with E-state index in [9.17, 15) is 9.59 Å². The monoisotopic (exact) mass is 233 g/mol. The summed E-state index contributed by atoms with van der Waals surface area (Å²) in [6.45, 7) is 0.329. The van der Waals surface area contributed by atoms with Gasteiger partial charge in [0.15, 0.2) is 0 Å². The molecule has 88 valence electrons. The molecule has 2 aromatic rings. The maximum atomic E-state index is 11.5. The van der Waals surface area contributed by atoms with Crippen LogP contribution in [0.25, 0.3) is 0 Å². The van der Waals surface area contributed by atoms with E-state index in [4.69, 9.17) is 5.11 Å². The molecule has 0 saturated heterocycles. The first kappa shape index (κ1) is 11.1. The second-order valence-electron chi connectivity index (χ2n) is 3.59. The van der Waals surface area contributed by atoms with Crippen molar-refractivity contribution in [1.29, 1.82) is 0 Å².